The summed E-state index contributed by atoms with van der Waals surface area (Å²) in [5.74, 6) is -6.49. The van der Waals surface area contributed by atoms with Gasteiger partial charge in [-0.1, -0.05) is 56.0 Å². The van der Waals surface area contributed by atoms with Crippen molar-refractivity contribution >= 4 is 147 Å². The molecule has 0 fully saturated rings. The lowest BCUT2D eigenvalue weighted by atomic mass is 10.0. The summed E-state index contributed by atoms with van der Waals surface area (Å²) in [6.07, 6.45) is -8.70. The first-order chi connectivity index (χ1) is 40.3. The number of halogens is 5. The van der Waals surface area contributed by atoms with E-state index in [1.807, 2.05) is 0 Å². The summed E-state index contributed by atoms with van der Waals surface area (Å²) in [5, 5.41) is 45.8. The van der Waals surface area contributed by atoms with Crippen LogP contribution < -0.4 is 44.2 Å². The number of para-hydroxylation sites is 4. The number of ether oxygens (including phenoxy) is 2. The molecule has 0 unspecified atom stereocenters. The van der Waals surface area contributed by atoms with Gasteiger partial charge in [0.15, 0.2) is 23.1 Å². The van der Waals surface area contributed by atoms with Crippen molar-refractivity contribution in [2.24, 2.45) is 11.5 Å². The van der Waals surface area contributed by atoms with Gasteiger partial charge in [-0.05, 0) is 90.1 Å². The zero-order valence-corrected chi connectivity index (χ0v) is 52.9. The number of alkyl carbamates (subject to hydrolysis) is 2. The molecule has 0 heterocycles. The van der Waals surface area contributed by atoms with Crippen molar-refractivity contribution in [2.75, 3.05) is 41.5 Å². The number of nitrogens with one attached hydrogen (secondary N) is 4. The van der Waals surface area contributed by atoms with E-state index in [1.54, 1.807) is 147 Å². The average Bonchev–Trinajstić information content (AvgIpc) is 2.92. The van der Waals surface area contributed by atoms with Crippen molar-refractivity contribution in [3.63, 3.8) is 0 Å². The Morgan fingerprint density at radius 3 is 0.989 bits per heavy atom. The van der Waals surface area contributed by atoms with Gasteiger partial charge < -0.3 is 74.1 Å². The van der Waals surface area contributed by atoms with Crippen LogP contribution >= 0.6 is 36.7 Å². The van der Waals surface area contributed by atoms with Gasteiger partial charge >= 0.3 is 42.2 Å². The molecule has 4 rings (SSSR count). The lowest BCUT2D eigenvalue weighted by molar-refractivity contribution is -0.156. The maximum Gasteiger partial charge on any atom is 0.446 e. The summed E-state index contributed by atoms with van der Waals surface area (Å²) in [4.78, 5) is 123. The van der Waals surface area contributed by atoms with Crippen molar-refractivity contribution in [2.45, 2.75) is 116 Å². The van der Waals surface area contributed by atoms with Crippen LogP contribution in [0.1, 0.15) is 116 Å². The third-order valence-corrected chi connectivity index (χ3v) is 9.85. The lowest BCUT2D eigenvalue weighted by Crippen LogP contribution is -2.44. The Morgan fingerprint density at radius 2 is 0.753 bits per heavy atom. The minimum atomic E-state index is -4.64. The van der Waals surface area contributed by atoms with Crippen LogP contribution in [0.15, 0.2) is 97.1 Å². The number of nitrogens with two attached hydrogens (primary N) is 4. The number of benzene rings is 4. The van der Waals surface area contributed by atoms with Crippen LogP contribution in [0.3, 0.4) is 0 Å². The zero-order valence-electron chi connectivity index (χ0n) is 48.8. The number of carboxylic acids is 4. The first-order valence-electron chi connectivity index (χ1n) is 24.9. The molecule has 0 radical (unpaired) electrons. The fourth-order valence-corrected chi connectivity index (χ4v) is 6.07. The number of rotatable bonds is 20. The van der Waals surface area contributed by atoms with Gasteiger partial charge in [-0.25, -0.2) is 19.2 Å². The highest BCUT2D eigenvalue weighted by molar-refractivity contribution is 8.07. The third-order valence-electron chi connectivity index (χ3n) is 9.85. The van der Waals surface area contributed by atoms with E-state index in [2.05, 4.69) is 43.6 Å². The number of hydrogen-bond acceptors (Lipinski definition) is 21. The second-order valence-electron chi connectivity index (χ2n) is 19.0. The monoisotopic (exact) mass is 1360 g/mol. The molecule has 89 heavy (non-hydrogen) atoms. The standard InChI is InChI=1S/C16H22N2O5.C15H20N2O5.C11H14N2O3.C10H12N2O3.C2HF3O.CH2Cl2.CH4.S2.H2S/c1-16(2,3)23-15(22)18-12(14(20)21)9-13(19)10-7-5-6-8-11(10)17-4;1-15(2,3)22-14(21)17-11(13(19)20)8-12(18)9-6-4-5-7-10(9)16;1-13-9-5-3-2-4-7(9)10(14)6-8(12)11(15)16;11-7-4-2-1-3-6(7)9(13)5-8(12)10(14)15;3-2(4,5)1-6;2-1-3;;1-2;/h5-8,12,17H,9H2,1-4H3,(H,18,22)(H,20,21);4-7,11H,8,16H2,1-3H3,(H,17,21)(H,19,20);2-5,8,13H,6,12H2,1H3,(H,15,16);1-4,8H,5,11-12H2,(H,14,15);1H;1H2;1H4;;1H2/t12-;11-;2*8-;;;;;/m0000...../s1. The van der Waals surface area contributed by atoms with E-state index in [0.717, 1.165) is 0 Å². The summed E-state index contributed by atoms with van der Waals surface area (Å²) < 4.78 is 41.2. The predicted molar refractivity (Wildman–Crippen MR) is 343 cm³/mol. The van der Waals surface area contributed by atoms with Gasteiger partial charge in [0.1, 0.15) is 35.4 Å². The molecule has 0 saturated heterocycles. The van der Waals surface area contributed by atoms with E-state index in [9.17, 15) is 66.2 Å². The number of carboxylic acid groups (broad SMARTS) is 4. The number of ketones is 4. The van der Waals surface area contributed by atoms with Crippen molar-refractivity contribution in [1.82, 2.24) is 10.6 Å². The SMILES string of the molecule is C.CC(C)(C)OC(=O)N[C@@H](CC(=O)c1ccccc1N)C(=O)O.CNc1ccccc1C(=O)C[C@H](N)C(=O)O.CNc1ccccc1C(=O)C[C@H](NC(=O)OC(C)(C)C)C(=O)O.ClCCl.Nc1ccccc1C(=O)C[C@H](N)C(=O)O.O=CC(F)(F)F.S.S=S. The lowest BCUT2D eigenvalue weighted by Gasteiger charge is -2.22. The summed E-state index contributed by atoms with van der Waals surface area (Å²) >= 11 is 16.9. The van der Waals surface area contributed by atoms with Crippen LogP contribution in [0, 0.1) is 0 Å². The molecule has 4 aromatic carbocycles. The minimum absolute atomic E-state index is 0. The number of Topliss-reactive ketones (excluding diaryl/α,β-unsaturated/α-hetero) is 4. The Bertz CT molecular complexity index is 2920. The highest BCUT2D eigenvalue weighted by atomic mass is 35.5. The number of aliphatic carboxylic acids is 4. The number of aldehydes is 1. The van der Waals surface area contributed by atoms with E-state index in [0.29, 0.717) is 33.8 Å². The van der Waals surface area contributed by atoms with E-state index in [-0.39, 0.29) is 68.3 Å². The van der Waals surface area contributed by atoms with Crippen LogP contribution in [0.25, 0.3) is 0 Å². The normalized spacial score (nSPS) is 11.4. The highest BCUT2D eigenvalue weighted by Gasteiger charge is 2.29. The smallest absolute Gasteiger partial charge is 0.446 e. The van der Waals surface area contributed by atoms with Crippen molar-refractivity contribution in [3.05, 3.63) is 119 Å². The number of amides is 2. The Kier molecular flexibility index (Phi) is 46.5. The minimum Gasteiger partial charge on any atom is -0.480 e. The molecular formula is C56H77Cl2F3N8O17S3. The van der Waals surface area contributed by atoms with Gasteiger partial charge in [0.05, 0.1) is 5.34 Å². The first-order valence-corrected chi connectivity index (χ1v) is 27.3. The van der Waals surface area contributed by atoms with Gasteiger partial charge in [-0.15, -0.1) is 23.2 Å². The number of anilines is 4. The summed E-state index contributed by atoms with van der Waals surface area (Å²) in [6, 6.07) is 21.4. The number of alkyl halides is 5. The van der Waals surface area contributed by atoms with Crippen LogP contribution in [0.2, 0.25) is 0 Å². The van der Waals surface area contributed by atoms with E-state index in [4.69, 9.17) is 75.7 Å². The van der Waals surface area contributed by atoms with E-state index >= 15 is 0 Å². The largest absolute Gasteiger partial charge is 0.480 e. The highest BCUT2D eigenvalue weighted by Crippen LogP contribution is 2.20. The molecule has 4 aromatic rings. The molecule has 0 saturated carbocycles. The summed E-state index contributed by atoms with van der Waals surface area (Å²) in [5.41, 5.74) is 23.5. The number of carbonyl (C=O) groups is 11. The number of carbonyl (C=O) groups excluding carboxylic acids is 7. The molecule has 0 bridgehead atoms. The first kappa shape index (κ1) is 89.7. The molecule has 33 heteroatoms. The molecule has 496 valence electrons. The van der Waals surface area contributed by atoms with Gasteiger partial charge in [0.25, 0.3) is 0 Å². The maximum absolute atomic E-state index is 12.3. The Morgan fingerprint density at radius 1 is 0.517 bits per heavy atom. The fourth-order valence-electron chi connectivity index (χ4n) is 6.07. The molecule has 0 aliphatic heterocycles. The van der Waals surface area contributed by atoms with Crippen molar-refractivity contribution < 1.29 is 95.8 Å². The van der Waals surface area contributed by atoms with Gasteiger partial charge in [-0.2, -0.15) is 26.7 Å². The molecule has 0 aliphatic carbocycles. The molecule has 25 nitrogen and oxygen atoms in total. The zero-order chi connectivity index (χ0) is 68.0. The molecule has 0 spiro atoms. The fraction of sp³-hybridized carbons (Fsp3) is 0.375. The molecule has 0 aliphatic rings. The van der Waals surface area contributed by atoms with E-state index < -0.39 is 102 Å². The quantitative estimate of drug-likeness (QED) is 0.0173. The maximum atomic E-state index is 12.3. The molecule has 4 atom stereocenters. The van der Waals surface area contributed by atoms with Crippen LogP contribution in [0.4, 0.5) is 45.5 Å². The second kappa shape index (κ2) is 46.1. The van der Waals surface area contributed by atoms with Crippen molar-refractivity contribution in [3.8, 4) is 0 Å². The third kappa shape index (κ3) is 40.9. The van der Waals surface area contributed by atoms with Gasteiger partial charge in [0.2, 0.25) is 6.29 Å². The summed E-state index contributed by atoms with van der Waals surface area (Å²) in [7, 11) is 3.36. The van der Waals surface area contributed by atoms with Crippen LogP contribution in [-0.4, -0.2) is 147 Å². The Labute approximate surface area is 539 Å². The van der Waals surface area contributed by atoms with Crippen molar-refractivity contribution in [1.29, 1.82) is 0 Å². The van der Waals surface area contributed by atoms with Crippen LogP contribution in [0.5, 0.6) is 0 Å². The van der Waals surface area contributed by atoms with Gasteiger partial charge in [0, 0.05) is 107 Å². The number of hydrogen-bond donors (Lipinski definition) is 12. The molecule has 16 N–H and O–H groups in total. The Balaban J connectivity index is -0.000000334. The number of nitrogen functional groups attached to an aromatic ring is 2. The molecule has 0 aromatic heterocycles. The van der Waals surface area contributed by atoms with Gasteiger partial charge in [-0.3, -0.25) is 33.6 Å². The Hall–Kier alpha value is -8.07. The predicted octanol–water partition coefficient (Wildman–Crippen LogP) is 7.98. The topological polar surface area (TPSA) is 439 Å². The summed E-state index contributed by atoms with van der Waals surface area (Å²) in [6.45, 7) is 9.94. The average molecular weight is 1360 g/mol. The molecular weight excluding hydrogens is 1280 g/mol. The second-order valence-corrected chi connectivity index (χ2v) is 19.8. The molecule has 2 amide bonds. The van der Waals surface area contributed by atoms with Crippen LogP contribution in [-0.2, 0) is 55.8 Å². The van der Waals surface area contributed by atoms with E-state index in [1.165, 1.54) is 6.07 Å².